The van der Waals surface area contributed by atoms with E-state index in [0.717, 1.165) is 30.7 Å². The van der Waals surface area contributed by atoms with E-state index in [9.17, 15) is 9.90 Å². The Labute approximate surface area is 195 Å². The van der Waals surface area contributed by atoms with Gasteiger partial charge in [0.15, 0.2) is 0 Å². The Hall–Kier alpha value is -1.93. The first-order chi connectivity index (χ1) is 15.5. The minimum Gasteiger partial charge on any atom is -0.491 e. The summed E-state index contributed by atoms with van der Waals surface area (Å²) in [5.41, 5.74) is 2.28. The second kappa shape index (κ2) is 12.3. The highest BCUT2D eigenvalue weighted by Crippen LogP contribution is 2.34. The number of fused-ring (bicyclic) bond motifs is 1. The van der Waals surface area contributed by atoms with Crippen molar-refractivity contribution in [1.29, 1.82) is 0 Å². The topological polar surface area (TPSA) is 62.2 Å². The molecule has 0 radical (unpaired) electrons. The van der Waals surface area contributed by atoms with E-state index in [1.165, 1.54) is 10.4 Å². The van der Waals surface area contributed by atoms with Gasteiger partial charge in [0.1, 0.15) is 12.4 Å². The Morgan fingerprint density at radius 2 is 2.12 bits per heavy atom. The molecule has 2 atom stereocenters. The quantitative estimate of drug-likeness (QED) is 0.524. The molecular formula is C25H36N2O4S. The minimum atomic E-state index is -0.598. The molecule has 0 fully saturated rings. The lowest BCUT2D eigenvalue weighted by Gasteiger charge is -2.37. The van der Waals surface area contributed by atoms with Crippen molar-refractivity contribution in [2.45, 2.75) is 45.8 Å². The number of aliphatic hydroxyl groups is 1. The zero-order chi connectivity index (χ0) is 22.9. The van der Waals surface area contributed by atoms with Crippen molar-refractivity contribution < 1.29 is 19.4 Å². The van der Waals surface area contributed by atoms with Crippen LogP contribution in [0.25, 0.3) is 0 Å². The lowest BCUT2D eigenvalue weighted by atomic mass is 10.00. The Kier molecular flexibility index (Phi) is 9.53. The van der Waals surface area contributed by atoms with Crippen molar-refractivity contribution in [3.05, 3.63) is 51.7 Å². The van der Waals surface area contributed by atoms with Crippen molar-refractivity contribution in [2.24, 2.45) is 0 Å². The zero-order valence-corrected chi connectivity index (χ0v) is 20.3. The predicted octanol–water partition coefficient (Wildman–Crippen LogP) is 3.67. The molecule has 32 heavy (non-hydrogen) atoms. The fraction of sp³-hybridized carbons (Fsp3) is 0.560. The fourth-order valence-corrected chi connectivity index (χ4v) is 5.13. The summed E-state index contributed by atoms with van der Waals surface area (Å²) in [5.74, 6) is 0.936. The first kappa shape index (κ1) is 24.7. The summed E-state index contributed by atoms with van der Waals surface area (Å²) < 4.78 is 11.5. The molecule has 0 unspecified atom stereocenters. The number of aryl methyl sites for hydroxylation is 1. The highest BCUT2D eigenvalue weighted by atomic mass is 32.1. The van der Waals surface area contributed by atoms with E-state index in [1.807, 2.05) is 47.9 Å². The molecule has 0 aliphatic carbocycles. The van der Waals surface area contributed by atoms with E-state index in [0.29, 0.717) is 32.9 Å². The van der Waals surface area contributed by atoms with Gasteiger partial charge < -0.3 is 19.5 Å². The largest absolute Gasteiger partial charge is 0.491 e. The first-order valence-corrected chi connectivity index (χ1v) is 12.4. The van der Waals surface area contributed by atoms with Crippen LogP contribution in [0.2, 0.25) is 0 Å². The van der Waals surface area contributed by atoms with Gasteiger partial charge >= 0.3 is 0 Å². The van der Waals surface area contributed by atoms with Crippen LogP contribution in [0.5, 0.6) is 5.75 Å². The van der Waals surface area contributed by atoms with Crippen LogP contribution in [0.4, 0.5) is 0 Å². The van der Waals surface area contributed by atoms with E-state index in [4.69, 9.17) is 9.47 Å². The summed E-state index contributed by atoms with van der Waals surface area (Å²) >= 11 is 1.75. The Bertz CT molecular complexity index is 856. The number of hydrogen-bond acceptors (Lipinski definition) is 6. The predicted molar refractivity (Wildman–Crippen MR) is 128 cm³/mol. The second-order valence-electron chi connectivity index (χ2n) is 8.28. The van der Waals surface area contributed by atoms with Gasteiger partial charge in [-0.05, 0) is 61.9 Å². The summed E-state index contributed by atoms with van der Waals surface area (Å²) in [5, 5.41) is 12.4. The summed E-state index contributed by atoms with van der Waals surface area (Å²) in [6.45, 7) is 9.50. The number of benzene rings is 1. The molecular weight excluding hydrogens is 424 g/mol. The molecule has 1 aliphatic rings. The summed E-state index contributed by atoms with van der Waals surface area (Å²) in [6, 6.07) is 10.00. The minimum absolute atomic E-state index is 0.0808. The number of para-hydroxylation sites is 1. The van der Waals surface area contributed by atoms with Gasteiger partial charge in [-0.25, -0.2) is 0 Å². The lowest BCUT2D eigenvalue weighted by molar-refractivity contribution is -0.136. The van der Waals surface area contributed by atoms with Crippen molar-refractivity contribution >= 4 is 17.2 Å². The third-order valence-corrected chi connectivity index (χ3v) is 6.78. The number of carbonyl (C=O) groups is 1. The van der Waals surface area contributed by atoms with Crippen molar-refractivity contribution in [1.82, 2.24) is 9.80 Å². The van der Waals surface area contributed by atoms with E-state index in [1.54, 1.807) is 11.3 Å². The molecule has 1 aliphatic heterocycles. The third kappa shape index (κ3) is 6.54. The first-order valence-electron chi connectivity index (χ1n) is 11.6. The Morgan fingerprint density at radius 1 is 1.31 bits per heavy atom. The van der Waals surface area contributed by atoms with Gasteiger partial charge in [0.2, 0.25) is 5.91 Å². The highest BCUT2D eigenvalue weighted by Gasteiger charge is 2.33. The Balaban J connectivity index is 1.70. The average molecular weight is 461 g/mol. The molecule has 1 amide bonds. The molecule has 1 aromatic heterocycles. The van der Waals surface area contributed by atoms with Gasteiger partial charge in [0, 0.05) is 24.6 Å². The summed E-state index contributed by atoms with van der Waals surface area (Å²) in [4.78, 5) is 18.8. The van der Waals surface area contributed by atoms with E-state index in [2.05, 4.69) is 18.4 Å². The van der Waals surface area contributed by atoms with Crippen molar-refractivity contribution in [3.8, 4) is 5.75 Å². The van der Waals surface area contributed by atoms with E-state index >= 15 is 0 Å². The van der Waals surface area contributed by atoms with Gasteiger partial charge in [0.25, 0.3) is 0 Å². The van der Waals surface area contributed by atoms with Crippen LogP contribution in [0, 0.1) is 6.92 Å². The van der Waals surface area contributed by atoms with E-state index < -0.39 is 6.10 Å². The standard InChI is InChI=1S/C25H36N2O4S/c1-4-12-26(15-20(28)17-30-5-2)16-25(29)27-13-10-24-21(11-14-32-24)22(27)18-31-23-9-7-6-8-19(23)3/h6-9,11,14,20,22,28H,4-5,10,12-13,15-18H2,1-3H3/t20-,22+/m1/s1. The van der Waals surface area contributed by atoms with Gasteiger partial charge in [-0.15, -0.1) is 11.3 Å². The number of carbonyl (C=O) groups excluding carboxylic acids is 1. The Morgan fingerprint density at radius 3 is 2.88 bits per heavy atom. The maximum absolute atomic E-state index is 13.4. The number of aliphatic hydroxyl groups excluding tert-OH is 1. The third-order valence-electron chi connectivity index (χ3n) is 5.79. The molecule has 3 rings (SSSR count). The molecule has 0 saturated carbocycles. The van der Waals surface area contributed by atoms with Crippen LogP contribution in [0.1, 0.15) is 42.3 Å². The molecule has 6 nitrogen and oxygen atoms in total. The van der Waals surface area contributed by atoms with Crippen LogP contribution in [-0.4, -0.2) is 72.9 Å². The molecule has 7 heteroatoms. The molecule has 2 aromatic rings. The number of rotatable bonds is 12. The molecule has 2 heterocycles. The van der Waals surface area contributed by atoms with Gasteiger partial charge in [-0.2, -0.15) is 0 Å². The lowest BCUT2D eigenvalue weighted by Crippen LogP contribution is -2.48. The summed E-state index contributed by atoms with van der Waals surface area (Å²) in [6.07, 6.45) is 1.20. The normalized spacial score (nSPS) is 16.8. The zero-order valence-electron chi connectivity index (χ0n) is 19.5. The van der Waals surface area contributed by atoms with Crippen molar-refractivity contribution in [3.63, 3.8) is 0 Å². The second-order valence-corrected chi connectivity index (χ2v) is 9.28. The molecule has 176 valence electrons. The smallest absolute Gasteiger partial charge is 0.237 e. The maximum Gasteiger partial charge on any atom is 0.237 e. The number of nitrogens with zero attached hydrogens (tertiary/aromatic N) is 2. The molecule has 0 spiro atoms. The SMILES string of the molecule is CCCN(CC(=O)N1CCc2sccc2[C@@H]1COc1ccccc1C)C[C@@H](O)COCC. The number of amides is 1. The van der Waals surface area contributed by atoms with Crippen molar-refractivity contribution in [2.75, 3.05) is 46.0 Å². The monoisotopic (exact) mass is 460 g/mol. The summed E-state index contributed by atoms with van der Waals surface area (Å²) in [7, 11) is 0. The van der Waals surface area contributed by atoms with E-state index in [-0.39, 0.29) is 18.5 Å². The van der Waals surface area contributed by atoms with Gasteiger partial charge in [-0.3, -0.25) is 9.69 Å². The van der Waals surface area contributed by atoms with Gasteiger partial charge in [0.05, 0.1) is 25.3 Å². The van der Waals surface area contributed by atoms with Crippen LogP contribution >= 0.6 is 11.3 Å². The van der Waals surface area contributed by atoms with Crippen LogP contribution in [0.15, 0.2) is 35.7 Å². The van der Waals surface area contributed by atoms with Crippen LogP contribution in [0.3, 0.4) is 0 Å². The molecule has 1 aromatic carbocycles. The number of thiophene rings is 1. The highest BCUT2D eigenvalue weighted by molar-refractivity contribution is 7.10. The number of hydrogen-bond donors (Lipinski definition) is 1. The van der Waals surface area contributed by atoms with Gasteiger partial charge in [-0.1, -0.05) is 25.1 Å². The average Bonchev–Trinajstić information content (AvgIpc) is 3.26. The van der Waals surface area contributed by atoms with Crippen LogP contribution in [-0.2, 0) is 16.0 Å². The van der Waals surface area contributed by atoms with Crippen LogP contribution < -0.4 is 4.74 Å². The molecule has 0 saturated heterocycles. The maximum atomic E-state index is 13.4. The number of ether oxygens (including phenoxy) is 2. The molecule has 0 bridgehead atoms. The molecule has 1 N–H and O–H groups in total. The fourth-order valence-electron chi connectivity index (χ4n) is 4.20.